The Kier molecular flexibility index (Phi) is 3.14. The van der Waals surface area contributed by atoms with Gasteiger partial charge in [0.15, 0.2) is 0 Å². The minimum atomic E-state index is 0.729. The van der Waals surface area contributed by atoms with Crippen LogP contribution < -0.4 is 5.73 Å². The summed E-state index contributed by atoms with van der Waals surface area (Å²) in [6, 6.07) is 1.81. The number of aryl methyl sites for hydroxylation is 1. The Labute approximate surface area is 94.3 Å². The molecule has 0 unspecified atom stereocenters. The maximum Gasteiger partial charge on any atom is 0.0728 e. The Bertz CT molecular complexity index is 463. The van der Waals surface area contributed by atoms with E-state index in [0.717, 1.165) is 36.3 Å². The third-order valence-electron chi connectivity index (χ3n) is 2.45. The van der Waals surface area contributed by atoms with E-state index in [2.05, 4.69) is 22.2 Å². The number of nitrogens with two attached hydrogens (primary N) is 1. The first-order valence-electron chi connectivity index (χ1n) is 5.37. The Morgan fingerprint density at radius 3 is 3.00 bits per heavy atom. The maximum absolute atomic E-state index is 5.87. The molecule has 0 aliphatic carbocycles. The highest BCUT2D eigenvalue weighted by Crippen LogP contribution is 2.13. The van der Waals surface area contributed by atoms with Gasteiger partial charge in [-0.15, -0.1) is 5.10 Å². The van der Waals surface area contributed by atoms with Crippen LogP contribution in [0.3, 0.4) is 0 Å². The van der Waals surface area contributed by atoms with Gasteiger partial charge in [0.2, 0.25) is 0 Å². The largest absolute Gasteiger partial charge is 0.398 e. The van der Waals surface area contributed by atoms with E-state index in [-0.39, 0.29) is 0 Å². The lowest BCUT2D eigenvalue weighted by Crippen LogP contribution is -2.06. The third kappa shape index (κ3) is 2.18. The second-order valence-electron chi connectivity index (χ2n) is 3.70. The van der Waals surface area contributed by atoms with Crippen LogP contribution in [-0.2, 0) is 13.0 Å². The number of nitrogen functional groups attached to an aromatic ring is 1. The number of anilines is 1. The van der Waals surface area contributed by atoms with Gasteiger partial charge < -0.3 is 5.73 Å². The van der Waals surface area contributed by atoms with E-state index in [1.54, 1.807) is 18.6 Å². The van der Waals surface area contributed by atoms with Crippen LogP contribution in [0.1, 0.15) is 24.6 Å². The van der Waals surface area contributed by atoms with Crippen LogP contribution >= 0.6 is 0 Å². The molecule has 2 aromatic rings. The van der Waals surface area contributed by atoms with E-state index in [4.69, 9.17) is 5.73 Å². The Morgan fingerprint density at radius 1 is 1.38 bits per heavy atom. The van der Waals surface area contributed by atoms with Crippen LogP contribution in [0.4, 0.5) is 5.69 Å². The molecule has 2 aromatic heterocycles. The fourth-order valence-electron chi connectivity index (χ4n) is 1.60. The molecular weight excluding hydrogens is 202 g/mol. The summed E-state index contributed by atoms with van der Waals surface area (Å²) in [5.74, 6) is 0. The molecule has 0 spiro atoms. The van der Waals surface area contributed by atoms with Crippen molar-refractivity contribution in [3.8, 4) is 0 Å². The van der Waals surface area contributed by atoms with Crippen molar-refractivity contribution in [2.75, 3.05) is 5.73 Å². The summed E-state index contributed by atoms with van der Waals surface area (Å²) in [6.45, 7) is 3.00. The molecule has 0 radical (unpaired) electrons. The number of hydrogen-bond donors (Lipinski definition) is 1. The quantitative estimate of drug-likeness (QED) is 0.837. The Hall–Kier alpha value is -1.91. The lowest BCUT2D eigenvalue weighted by Gasteiger charge is -2.06. The Morgan fingerprint density at radius 2 is 2.25 bits per heavy atom. The van der Waals surface area contributed by atoms with E-state index in [1.807, 2.05) is 10.7 Å². The fraction of sp³-hybridized carbons (Fsp3) is 0.364. The summed E-state index contributed by atoms with van der Waals surface area (Å²) in [5.41, 5.74) is 8.72. The standard InChI is InChI=1S/C11H15N5/c1-2-5-16-10(8-14-15-16)6-9-7-13-4-3-11(9)12/h3-4,7-8H,2,5-6H2,1H3,(H2,12,13). The highest BCUT2D eigenvalue weighted by molar-refractivity contribution is 5.45. The van der Waals surface area contributed by atoms with Gasteiger partial charge in [0, 0.05) is 31.0 Å². The molecule has 0 atom stereocenters. The molecule has 2 heterocycles. The molecule has 0 aliphatic heterocycles. The number of nitrogens with zero attached hydrogens (tertiary/aromatic N) is 4. The molecule has 0 aliphatic rings. The summed E-state index contributed by atoms with van der Waals surface area (Å²) in [7, 11) is 0. The van der Waals surface area contributed by atoms with Crippen LogP contribution in [0.2, 0.25) is 0 Å². The van der Waals surface area contributed by atoms with E-state index >= 15 is 0 Å². The van der Waals surface area contributed by atoms with Gasteiger partial charge in [0.05, 0.1) is 11.9 Å². The van der Waals surface area contributed by atoms with Gasteiger partial charge in [-0.05, 0) is 18.1 Å². The first-order valence-corrected chi connectivity index (χ1v) is 5.37. The molecule has 0 amide bonds. The van der Waals surface area contributed by atoms with E-state index in [9.17, 15) is 0 Å². The molecule has 0 fully saturated rings. The molecule has 2 rings (SSSR count). The number of rotatable bonds is 4. The fourth-order valence-corrected chi connectivity index (χ4v) is 1.60. The number of hydrogen-bond acceptors (Lipinski definition) is 4. The summed E-state index contributed by atoms with van der Waals surface area (Å²) >= 11 is 0. The highest BCUT2D eigenvalue weighted by Gasteiger charge is 2.06. The zero-order valence-corrected chi connectivity index (χ0v) is 9.30. The zero-order valence-electron chi connectivity index (χ0n) is 9.30. The van der Waals surface area contributed by atoms with Crippen molar-refractivity contribution in [1.29, 1.82) is 0 Å². The first kappa shape index (κ1) is 10.6. The monoisotopic (exact) mass is 217 g/mol. The maximum atomic E-state index is 5.87. The predicted octanol–water partition coefficient (Wildman–Crippen LogP) is 1.26. The molecule has 84 valence electrons. The lowest BCUT2D eigenvalue weighted by atomic mass is 10.1. The average molecular weight is 217 g/mol. The van der Waals surface area contributed by atoms with Gasteiger partial charge in [-0.1, -0.05) is 12.1 Å². The molecule has 0 aromatic carbocycles. The van der Waals surface area contributed by atoms with Crippen molar-refractivity contribution < 1.29 is 0 Å². The van der Waals surface area contributed by atoms with Gasteiger partial charge in [-0.3, -0.25) is 4.98 Å². The SMILES string of the molecule is CCCn1nncc1Cc1cnccc1N. The third-order valence-corrected chi connectivity index (χ3v) is 2.45. The summed E-state index contributed by atoms with van der Waals surface area (Å²) < 4.78 is 1.91. The number of pyridine rings is 1. The van der Waals surface area contributed by atoms with Gasteiger partial charge in [-0.2, -0.15) is 0 Å². The molecule has 2 N–H and O–H groups in total. The van der Waals surface area contributed by atoms with Gasteiger partial charge in [0.1, 0.15) is 0 Å². The minimum absolute atomic E-state index is 0.729. The first-order chi connectivity index (χ1) is 7.81. The molecule has 0 saturated carbocycles. The zero-order chi connectivity index (χ0) is 11.4. The predicted molar refractivity (Wildman–Crippen MR) is 61.8 cm³/mol. The van der Waals surface area contributed by atoms with Crippen LogP contribution in [0, 0.1) is 0 Å². The second kappa shape index (κ2) is 4.74. The molecule has 0 saturated heterocycles. The van der Waals surface area contributed by atoms with Crippen molar-refractivity contribution in [1.82, 2.24) is 20.0 Å². The van der Waals surface area contributed by atoms with Crippen LogP contribution in [-0.4, -0.2) is 20.0 Å². The number of aromatic nitrogens is 4. The molecular formula is C11H15N5. The van der Waals surface area contributed by atoms with Crippen molar-refractivity contribution in [2.45, 2.75) is 26.3 Å². The minimum Gasteiger partial charge on any atom is -0.398 e. The molecule has 5 heteroatoms. The normalized spacial score (nSPS) is 10.6. The van der Waals surface area contributed by atoms with Crippen molar-refractivity contribution in [3.05, 3.63) is 35.9 Å². The van der Waals surface area contributed by atoms with Crippen molar-refractivity contribution in [2.24, 2.45) is 0 Å². The molecule has 16 heavy (non-hydrogen) atoms. The topological polar surface area (TPSA) is 69.6 Å². The average Bonchev–Trinajstić information content (AvgIpc) is 2.70. The Balaban J connectivity index is 2.20. The van der Waals surface area contributed by atoms with Gasteiger partial charge in [0.25, 0.3) is 0 Å². The van der Waals surface area contributed by atoms with Crippen LogP contribution in [0.25, 0.3) is 0 Å². The highest BCUT2D eigenvalue weighted by atomic mass is 15.4. The smallest absolute Gasteiger partial charge is 0.0728 e. The summed E-state index contributed by atoms with van der Waals surface area (Å²) in [4.78, 5) is 4.07. The van der Waals surface area contributed by atoms with Crippen LogP contribution in [0.5, 0.6) is 0 Å². The van der Waals surface area contributed by atoms with E-state index in [0.29, 0.717) is 0 Å². The molecule has 5 nitrogen and oxygen atoms in total. The summed E-state index contributed by atoms with van der Waals surface area (Å²) in [5, 5.41) is 7.96. The second-order valence-corrected chi connectivity index (χ2v) is 3.70. The van der Waals surface area contributed by atoms with Gasteiger partial charge >= 0.3 is 0 Å². The van der Waals surface area contributed by atoms with Crippen molar-refractivity contribution in [3.63, 3.8) is 0 Å². The molecule has 0 bridgehead atoms. The van der Waals surface area contributed by atoms with E-state index in [1.165, 1.54) is 0 Å². The summed E-state index contributed by atoms with van der Waals surface area (Å²) in [6.07, 6.45) is 7.03. The van der Waals surface area contributed by atoms with Crippen LogP contribution in [0.15, 0.2) is 24.7 Å². The lowest BCUT2D eigenvalue weighted by molar-refractivity contribution is 0.560. The van der Waals surface area contributed by atoms with E-state index < -0.39 is 0 Å². The van der Waals surface area contributed by atoms with Gasteiger partial charge in [-0.25, -0.2) is 4.68 Å². The van der Waals surface area contributed by atoms with Crippen molar-refractivity contribution >= 4 is 5.69 Å².